The molecule has 22 heavy (non-hydrogen) atoms. The van der Waals surface area contributed by atoms with Crippen molar-refractivity contribution in [1.82, 2.24) is 19.7 Å². The zero-order valence-electron chi connectivity index (χ0n) is 12.7. The number of aryl methyl sites for hydroxylation is 1. The Morgan fingerprint density at radius 1 is 1.27 bits per heavy atom. The number of hydrogen-bond acceptors (Lipinski definition) is 3. The van der Waals surface area contributed by atoms with Crippen LogP contribution in [0.4, 0.5) is 8.78 Å². The van der Waals surface area contributed by atoms with Gasteiger partial charge in [-0.25, -0.2) is 18.4 Å². The first-order valence-corrected chi connectivity index (χ1v) is 7.69. The zero-order chi connectivity index (χ0) is 15.5. The van der Waals surface area contributed by atoms with Crippen LogP contribution in [0.2, 0.25) is 0 Å². The molecule has 1 aromatic heterocycles. The largest absolute Gasteiger partial charge is 0.303 e. The van der Waals surface area contributed by atoms with Crippen LogP contribution in [0.25, 0.3) is 5.69 Å². The first-order chi connectivity index (χ1) is 10.6. The van der Waals surface area contributed by atoms with Gasteiger partial charge in [-0.05, 0) is 45.0 Å². The predicted octanol–water partition coefficient (Wildman–Crippen LogP) is 2.96. The molecule has 0 saturated carbocycles. The summed E-state index contributed by atoms with van der Waals surface area (Å²) in [6, 6.07) is 4.04. The number of likely N-dealkylation sites (tertiary alicyclic amines) is 1. The molecule has 0 unspecified atom stereocenters. The fraction of sp³-hybridized carbons (Fsp3) is 0.500. The van der Waals surface area contributed by atoms with Gasteiger partial charge in [0, 0.05) is 18.5 Å². The molecule has 118 valence electrons. The van der Waals surface area contributed by atoms with Crippen LogP contribution >= 0.6 is 0 Å². The molecule has 1 aliphatic rings. The third-order valence-corrected chi connectivity index (χ3v) is 4.38. The molecule has 1 aromatic carbocycles. The maximum absolute atomic E-state index is 13.9. The minimum Gasteiger partial charge on any atom is -0.303 e. The highest BCUT2D eigenvalue weighted by Crippen LogP contribution is 2.21. The lowest BCUT2D eigenvalue weighted by atomic mass is 9.98. The maximum atomic E-state index is 13.9. The van der Waals surface area contributed by atoms with Crippen LogP contribution in [-0.4, -0.2) is 39.3 Å². The van der Waals surface area contributed by atoms with Gasteiger partial charge in [-0.2, -0.15) is 5.10 Å². The summed E-state index contributed by atoms with van der Waals surface area (Å²) in [5.74, 6) is -0.502. The van der Waals surface area contributed by atoms with Gasteiger partial charge < -0.3 is 4.90 Å². The van der Waals surface area contributed by atoms with E-state index in [0.717, 1.165) is 25.5 Å². The van der Waals surface area contributed by atoms with Gasteiger partial charge in [0.15, 0.2) is 5.82 Å². The predicted molar refractivity (Wildman–Crippen MR) is 79.9 cm³/mol. The summed E-state index contributed by atoms with van der Waals surface area (Å²) in [7, 11) is 2.15. The van der Waals surface area contributed by atoms with Crippen molar-refractivity contribution in [3.63, 3.8) is 0 Å². The van der Waals surface area contributed by atoms with Crippen molar-refractivity contribution in [1.29, 1.82) is 0 Å². The molecule has 1 saturated heterocycles. The summed E-state index contributed by atoms with van der Waals surface area (Å²) in [6.45, 7) is 1.13. The van der Waals surface area contributed by atoms with Gasteiger partial charge in [0.2, 0.25) is 0 Å². The van der Waals surface area contributed by atoms with Crippen LogP contribution in [0.15, 0.2) is 24.5 Å². The van der Waals surface area contributed by atoms with E-state index in [9.17, 15) is 8.78 Å². The Balaban J connectivity index is 1.74. The van der Waals surface area contributed by atoms with Crippen LogP contribution in [-0.2, 0) is 6.42 Å². The zero-order valence-corrected chi connectivity index (χ0v) is 12.7. The first-order valence-electron chi connectivity index (χ1n) is 7.69. The van der Waals surface area contributed by atoms with Crippen LogP contribution in [0.5, 0.6) is 0 Å². The number of piperidine rings is 1. The second-order valence-electron chi connectivity index (χ2n) is 5.85. The quantitative estimate of drug-likeness (QED) is 0.871. The molecule has 1 aliphatic heterocycles. The molecule has 0 bridgehead atoms. The molecule has 4 nitrogen and oxygen atoms in total. The Hall–Kier alpha value is -1.82. The van der Waals surface area contributed by atoms with Gasteiger partial charge in [-0.3, -0.25) is 0 Å². The minimum atomic E-state index is -0.624. The van der Waals surface area contributed by atoms with Crippen molar-refractivity contribution < 1.29 is 8.78 Å². The summed E-state index contributed by atoms with van der Waals surface area (Å²) in [6.07, 6.45) is 6.82. The van der Waals surface area contributed by atoms with E-state index >= 15 is 0 Å². The minimum absolute atomic E-state index is 0.242. The Morgan fingerprint density at radius 2 is 2.14 bits per heavy atom. The fourth-order valence-corrected chi connectivity index (χ4v) is 3.09. The Kier molecular flexibility index (Phi) is 4.47. The molecule has 0 radical (unpaired) electrons. The number of benzene rings is 1. The van der Waals surface area contributed by atoms with E-state index in [1.54, 1.807) is 0 Å². The number of halogens is 2. The van der Waals surface area contributed by atoms with Crippen molar-refractivity contribution in [3.05, 3.63) is 42.0 Å². The Bertz CT molecular complexity index is 641. The van der Waals surface area contributed by atoms with E-state index < -0.39 is 11.6 Å². The third kappa shape index (κ3) is 3.16. The standard InChI is InChI=1S/C16H20F2N4/c1-21-9-3-2-4-13(21)6-8-16-19-11-20-22(16)15-7-5-12(17)10-14(15)18/h5,7,10-11,13H,2-4,6,8-9H2,1H3/t13-/m0/s1. The highest BCUT2D eigenvalue weighted by atomic mass is 19.1. The molecule has 3 rings (SSSR count). The van der Waals surface area contributed by atoms with E-state index in [1.807, 2.05) is 0 Å². The summed E-state index contributed by atoms with van der Waals surface area (Å²) in [4.78, 5) is 6.62. The molecular weight excluding hydrogens is 286 g/mol. The Labute approximate surface area is 128 Å². The molecular formula is C16H20F2N4. The highest BCUT2D eigenvalue weighted by Gasteiger charge is 2.20. The number of hydrogen-bond donors (Lipinski definition) is 0. The van der Waals surface area contributed by atoms with Gasteiger partial charge in [0.1, 0.15) is 23.7 Å². The molecule has 6 heteroatoms. The molecule has 1 atom stereocenters. The molecule has 1 fully saturated rings. The van der Waals surface area contributed by atoms with Gasteiger partial charge >= 0.3 is 0 Å². The normalized spacial score (nSPS) is 19.5. The van der Waals surface area contributed by atoms with Crippen molar-refractivity contribution in [2.24, 2.45) is 0 Å². The lowest BCUT2D eigenvalue weighted by Crippen LogP contribution is -2.36. The van der Waals surface area contributed by atoms with Gasteiger partial charge in [-0.1, -0.05) is 6.42 Å². The van der Waals surface area contributed by atoms with Crippen LogP contribution < -0.4 is 0 Å². The van der Waals surface area contributed by atoms with Gasteiger partial charge in [-0.15, -0.1) is 0 Å². The van der Waals surface area contributed by atoms with Crippen molar-refractivity contribution in [3.8, 4) is 5.69 Å². The van der Waals surface area contributed by atoms with E-state index in [0.29, 0.717) is 11.9 Å². The van der Waals surface area contributed by atoms with Gasteiger partial charge in [0.05, 0.1) is 0 Å². The molecule has 2 heterocycles. The Morgan fingerprint density at radius 3 is 2.91 bits per heavy atom. The first kappa shape index (κ1) is 15.1. The smallest absolute Gasteiger partial charge is 0.151 e. The summed E-state index contributed by atoms with van der Waals surface area (Å²) in [5, 5.41) is 4.09. The number of aromatic nitrogens is 3. The summed E-state index contributed by atoms with van der Waals surface area (Å²) < 4.78 is 28.4. The molecule has 0 spiro atoms. The second kappa shape index (κ2) is 6.52. The third-order valence-electron chi connectivity index (χ3n) is 4.38. The van der Waals surface area contributed by atoms with Crippen molar-refractivity contribution >= 4 is 0 Å². The van der Waals surface area contributed by atoms with Crippen LogP contribution in [0, 0.1) is 11.6 Å². The molecule has 0 N–H and O–H groups in total. The average molecular weight is 306 g/mol. The lowest BCUT2D eigenvalue weighted by Gasteiger charge is -2.32. The van der Waals surface area contributed by atoms with Crippen molar-refractivity contribution in [2.75, 3.05) is 13.6 Å². The molecule has 0 aliphatic carbocycles. The monoisotopic (exact) mass is 306 g/mol. The maximum Gasteiger partial charge on any atom is 0.151 e. The fourth-order valence-electron chi connectivity index (χ4n) is 3.09. The van der Waals surface area contributed by atoms with Crippen LogP contribution in [0.1, 0.15) is 31.5 Å². The number of nitrogens with zero attached hydrogens (tertiary/aromatic N) is 4. The lowest BCUT2D eigenvalue weighted by molar-refractivity contribution is 0.175. The van der Waals surface area contributed by atoms with E-state index in [-0.39, 0.29) is 5.69 Å². The van der Waals surface area contributed by atoms with Crippen molar-refractivity contribution in [2.45, 2.75) is 38.1 Å². The van der Waals surface area contributed by atoms with E-state index in [4.69, 9.17) is 0 Å². The highest BCUT2D eigenvalue weighted by molar-refractivity contribution is 5.33. The molecule has 0 amide bonds. The number of rotatable bonds is 4. The van der Waals surface area contributed by atoms with Crippen LogP contribution in [0.3, 0.4) is 0 Å². The average Bonchev–Trinajstić information content (AvgIpc) is 2.95. The SMILES string of the molecule is CN1CCCC[C@H]1CCc1ncnn1-c1ccc(F)cc1F. The van der Waals surface area contributed by atoms with E-state index in [1.165, 1.54) is 42.4 Å². The topological polar surface area (TPSA) is 34.0 Å². The van der Waals surface area contributed by atoms with Gasteiger partial charge in [0.25, 0.3) is 0 Å². The summed E-state index contributed by atoms with van der Waals surface area (Å²) in [5.41, 5.74) is 0.242. The molecule has 2 aromatic rings. The summed E-state index contributed by atoms with van der Waals surface area (Å²) >= 11 is 0. The second-order valence-corrected chi connectivity index (χ2v) is 5.85. The van der Waals surface area contributed by atoms with E-state index in [2.05, 4.69) is 22.0 Å².